The van der Waals surface area contributed by atoms with Crippen LogP contribution in [-0.4, -0.2) is 49.2 Å². The number of amides is 1. The fourth-order valence-corrected chi connectivity index (χ4v) is 4.34. The molecule has 0 bridgehead atoms. The quantitative estimate of drug-likeness (QED) is 0.827. The first-order chi connectivity index (χ1) is 13.7. The molecule has 146 valence electrons. The van der Waals surface area contributed by atoms with Gasteiger partial charge in [0.1, 0.15) is 5.54 Å². The van der Waals surface area contributed by atoms with Crippen molar-refractivity contribution in [1.82, 2.24) is 10.2 Å². The minimum Gasteiger partial charge on any atom is -0.465 e. The van der Waals surface area contributed by atoms with E-state index in [1.54, 1.807) is 6.07 Å². The number of anilines is 1. The van der Waals surface area contributed by atoms with Crippen LogP contribution in [0.4, 0.5) is 5.69 Å². The van der Waals surface area contributed by atoms with E-state index in [0.717, 1.165) is 37.2 Å². The van der Waals surface area contributed by atoms with Gasteiger partial charge in [0.05, 0.1) is 19.3 Å². The Hall–Kier alpha value is -2.86. The van der Waals surface area contributed by atoms with Gasteiger partial charge in [0.25, 0.3) is 0 Å². The van der Waals surface area contributed by atoms with E-state index in [2.05, 4.69) is 22.3 Å². The maximum Gasteiger partial charge on any atom is 0.338 e. The van der Waals surface area contributed by atoms with Crippen LogP contribution in [0.2, 0.25) is 0 Å². The van der Waals surface area contributed by atoms with Crippen LogP contribution in [0.25, 0.3) is 0 Å². The predicted molar refractivity (Wildman–Crippen MR) is 107 cm³/mol. The van der Waals surface area contributed by atoms with Crippen LogP contribution in [0.1, 0.15) is 28.8 Å². The molecule has 1 spiro atoms. The minimum atomic E-state index is -0.521. The molecule has 1 N–H and O–H groups in total. The number of methoxy groups -OCH3 is 1. The molecule has 2 saturated heterocycles. The van der Waals surface area contributed by atoms with Gasteiger partial charge in [0.15, 0.2) is 0 Å². The van der Waals surface area contributed by atoms with E-state index < -0.39 is 5.54 Å². The Morgan fingerprint density at radius 1 is 1.07 bits per heavy atom. The number of carbonyl (C=O) groups excluding carboxylic acids is 2. The predicted octanol–water partition coefficient (Wildman–Crippen LogP) is 2.40. The molecule has 4 rings (SSSR count). The fourth-order valence-electron chi connectivity index (χ4n) is 4.34. The molecule has 2 aromatic rings. The van der Waals surface area contributed by atoms with Gasteiger partial charge in [-0.15, -0.1) is 0 Å². The number of piperidine rings is 1. The molecule has 6 nitrogen and oxygen atoms in total. The number of nitrogens with one attached hydrogen (secondary N) is 1. The first kappa shape index (κ1) is 18.5. The second-order valence-electron chi connectivity index (χ2n) is 7.34. The highest BCUT2D eigenvalue weighted by atomic mass is 16.5. The van der Waals surface area contributed by atoms with Crippen molar-refractivity contribution in [3.8, 4) is 0 Å². The Labute approximate surface area is 165 Å². The van der Waals surface area contributed by atoms with Gasteiger partial charge in [-0.05, 0) is 49.7 Å². The average molecular weight is 379 g/mol. The normalized spacial score (nSPS) is 18.5. The van der Waals surface area contributed by atoms with Crippen LogP contribution in [0.5, 0.6) is 0 Å². The monoisotopic (exact) mass is 379 g/mol. The first-order valence-corrected chi connectivity index (χ1v) is 9.65. The Balaban J connectivity index is 1.67. The van der Waals surface area contributed by atoms with Gasteiger partial charge in [0.2, 0.25) is 5.91 Å². The lowest BCUT2D eigenvalue weighted by Crippen LogP contribution is -2.55. The molecule has 28 heavy (non-hydrogen) atoms. The highest BCUT2D eigenvalue weighted by Gasteiger charge is 2.52. The maximum absolute atomic E-state index is 13.6. The molecular weight excluding hydrogens is 354 g/mol. The Morgan fingerprint density at radius 2 is 1.75 bits per heavy atom. The van der Waals surface area contributed by atoms with Gasteiger partial charge in [-0.25, -0.2) is 4.79 Å². The Morgan fingerprint density at radius 3 is 2.46 bits per heavy atom. The number of hydrogen-bond donors (Lipinski definition) is 1. The number of esters is 1. The molecule has 2 aliphatic rings. The van der Waals surface area contributed by atoms with Gasteiger partial charge in [-0.2, -0.15) is 0 Å². The molecule has 2 fully saturated rings. The van der Waals surface area contributed by atoms with Crippen LogP contribution in [0, 0.1) is 0 Å². The summed E-state index contributed by atoms with van der Waals surface area (Å²) in [5.41, 5.74) is 1.85. The number of benzene rings is 2. The Bertz CT molecular complexity index is 862. The van der Waals surface area contributed by atoms with Gasteiger partial charge >= 0.3 is 5.97 Å². The van der Waals surface area contributed by atoms with E-state index in [1.165, 1.54) is 7.11 Å². The number of ether oxygens (including phenoxy) is 1. The van der Waals surface area contributed by atoms with Crippen molar-refractivity contribution in [2.75, 3.05) is 31.8 Å². The molecule has 0 aromatic heterocycles. The van der Waals surface area contributed by atoms with Gasteiger partial charge < -0.3 is 19.9 Å². The number of carbonyl (C=O) groups is 2. The SMILES string of the molecule is COC(=O)c1ccccc1CN1CN(c2ccccc2)C2(CCNCC2)C1=O. The number of rotatable bonds is 4. The van der Waals surface area contributed by atoms with Crippen molar-refractivity contribution in [1.29, 1.82) is 0 Å². The average Bonchev–Trinajstić information content (AvgIpc) is 3.01. The zero-order chi connectivity index (χ0) is 19.6. The number of para-hydroxylation sites is 1. The molecule has 0 saturated carbocycles. The van der Waals surface area contributed by atoms with Gasteiger partial charge in [-0.1, -0.05) is 36.4 Å². The molecule has 2 aliphatic heterocycles. The molecule has 0 radical (unpaired) electrons. The standard InChI is InChI=1S/C22H25N3O3/c1-28-20(26)19-10-6-5-7-17(19)15-24-16-25(18-8-3-2-4-9-18)22(21(24)27)11-13-23-14-12-22/h2-10,23H,11-16H2,1H3. The first-order valence-electron chi connectivity index (χ1n) is 9.65. The second kappa shape index (κ2) is 7.64. The third kappa shape index (κ3) is 3.14. The van der Waals surface area contributed by atoms with E-state index in [0.29, 0.717) is 18.8 Å². The molecule has 2 heterocycles. The van der Waals surface area contributed by atoms with Crippen LogP contribution in [0.15, 0.2) is 54.6 Å². The molecule has 0 unspecified atom stereocenters. The van der Waals surface area contributed by atoms with Crippen molar-refractivity contribution < 1.29 is 14.3 Å². The van der Waals surface area contributed by atoms with Crippen molar-refractivity contribution in [3.63, 3.8) is 0 Å². The minimum absolute atomic E-state index is 0.137. The Kier molecular flexibility index (Phi) is 5.05. The highest BCUT2D eigenvalue weighted by molar-refractivity contribution is 5.94. The molecule has 0 atom stereocenters. The van der Waals surface area contributed by atoms with E-state index in [1.807, 2.05) is 41.3 Å². The molecule has 1 amide bonds. The van der Waals surface area contributed by atoms with Crippen molar-refractivity contribution >= 4 is 17.6 Å². The zero-order valence-electron chi connectivity index (χ0n) is 16.1. The number of hydrogen-bond acceptors (Lipinski definition) is 5. The molecular formula is C22H25N3O3. The lowest BCUT2D eigenvalue weighted by molar-refractivity contribution is -0.133. The van der Waals surface area contributed by atoms with Crippen LogP contribution in [-0.2, 0) is 16.1 Å². The van der Waals surface area contributed by atoms with E-state index >= 15 is 0 Å². The van der Waals surface area contributed by atoms with E-state index in [9.17, 15) is 9.59 Å². The lowest BCUT2D eigenvalue weighted by Gasteiger charge is -2.40. The number of nitrogens with zero attached hydrogens (tertiary/aromatic N) is 2. The van der Waals surface area contributed by atoms with Crippen LogP contribution >= 0.6 is 0 Å². The zero-order valence-corrected chi connectivity index (χ0v) is 16.1. The summed E-state index contributed by atoms with van der Waals surface area (Å²) < 4.78 is 4.91. The smallest absolute Gasteiger partial charge is 0.338 e. The van der Waals surface area contributed by atoms with Gasteiger partial charge in [0, 0.05) is 12.2 Å². The summed E-state index contributed by atoms with van der Waals surface area (Å²) in [4.78, 5) is 29.8. The van der Waals surface area contributed by atoms with Crippen molar-refractivity contribution in [2.24, 2.45) is 0 Å². The molecule has 2 aromatic carbocycles. The summed E-state index contributed by atoms with van der Waals surface area (Å²) >= 11 is 0. The third-order valence-electron chi connectivity index (χ3n) is 5.80. The summed E-state index contributed by atoms with van der Waals surface area (Å²) in [6, 6.07) is 17.4. The van der Waals surface area contributed by atoms with Crippen LogP contribution < -0.4 is 10.2 Å². The fraction of sp³-hybridized carbons (Fsp3) is 0.364. The second-order valence-corrected chi connectivity index (χ2v) is 7.34. The van der Waals surface area contributed by atoms with Crippen molar-refractivity contribution in [3.05, 3.63) is 65.7 Å². The van der Waals surface area contributed by atoms with E-state index in [4.69, 9.17) is 4.74 Å². The van der Waals surface area contributed by atoms with E-state index in [-0.39, 0.29) is 11.9 Å². The summed E-state index contributed by atoms with van der Waals surface area (Å²) in [5.74, 6) is -0.240. The summed E-state index contributed by atoms with van der Waals surface area (Å²) in [5, 5.41) is 3.37. The summed E-state index contributed by atoms with van der Waals surface area (Å²) in [7, 11) is 1.38. The summed E-state index contributed by atoms with van der Waals surface area (Å²) in [6.07, 6.45) is 1.55. The molecule has 0 aliphatic carbocycles. The van der Waals surface area contributed by atoms with Crippen molar-refractivity contribution in [2.45, 2.75) is 24.9 Å². The lowest BCUT2D eigenvalue weighted by atomic mass is 9.86. The van der Waals surface area contributed by atoms with Crippen LogP contribution in [0.3, 0.4) is 0 Å². The molecule has 6 heteroatoms. The topological polar surface area (TPSA) is 61.9 Å². The maximum atomic E-state index is 13.6. The summed E-state index contributed by atoms with van der Waals surface area (Å²) in [6.45, 7) is 2.55. The van der Waals surface area contributed by atoms with Gasteiger partial charge in [-0.3, -0.25) is 4.79 Å². The third-order valence-corrected chi connectivity index (χ3v) is 5.80. The largest absolute Gasteiger partial charge is 0.465 e. The highest BCUT2D eigenvalue weighted by Crippen LogP contribution is 2.38.